The Bertz CT molecular complexity index is 285. The van der Waals surface area contributed by atoms with Crippen molar-refractivity contribution in [3.63, 3.8) is 0 Å². The summed E-state index contributed by atoms with van der Waals surface area (Å²) in [6, 6.07) is 0. The van der Waals surface area contributed by atoms with Crippen LogP contribution in [0.1, 0.15) is 38.5 Å². The molecule has 0 aromatic carbocycles. The molecule has 3 nitrogen and oxygen atoms in total. The SMILES string of the molecule is CP(=O)(O)OC12CC3CC(CC(C3)C1)C2. The molecule has 0 aromatic heterocycles. The van der Waals surface area contributed by atoms with Gasteiger partial charge in [0, 0.05) is 6.66 Å². The molecule has 1 N–H and O–H groups in total. The third kappa shape index (κ3) is 1.90. The second kappa shape index (κ2) is 3.09. The maximum atomic E-state index is 11.4. The number of rotatable bonds is 2. The van der Waals surface area contributed by atoms with Gasteiger partial charge in [0.1, 0.15) is 0 Å². The van der Waals surface area contributed by atoms with Crippen molar-refractivity contribution in [2.45, 2.75) is 44.1 Å². The molecule has 86 valence electrons. The molecule has 1 atom stereocenters. The van der Waals surface area contributed by atoms with Gasteiger partial charge in [0.15, 0.2) is 0 Å². The Morgan fingerprint density at radius 2 is 1.53 bits per heavy atom. The Morgan fingerprint density at radius 1 is 1.13 bits per heavy atom. The van der Waals surface area contributed by atoms with Gasteiger partial charge in [-0.3, -0.25) is 4.57 Å². The van der Waals surface area contributed by atoms with E-state index >= 15 is 0 Å². The molecular weight excluding hydrogens is 211 g/mol. The second-order valence-electron chi connectivity index (χ2n) is 5.99. The average molecular weight is 230 g/mol. The van der Waals surface area contributed by atoms with Crippen molar-refractivity contribution < 1.29 is 14.0 Å². The van der Waals surface area contributed by atoms with E-state index in [1.807, 2.05) is 0 Å². The molecule has 0 spiro atoms. The third-order valence-electron chi connectivity index (χ3n) is 4.35. The molecule has 15 heavy (non-hydrogen) atoms. The highest BCUT2D eigenvalue weighted by molar-refractivity contribution is 7.51. The van der Waals surface area contributed by atoms with Crippen LogP contribution in [0.25, 0.3) is 0 Å². The second-order valence-corrected chi connectivity index (χ2v) is 7.78. The van der Waals surface area contributed by atoms with Crippen LogP contribution in [0.15, 0.2) is 0 Å². The van der Waals surface area contributed by atoms with E-state index in [-0.39, 0.29) is 5.60 Å². The van der Waals surface area contributed by atoms with E-state index in [1.165, 1.54) is 25.9 Å². The van der Waals surface area contributed by atoms with Crippen LogP contribution < -0.4 is 0 Å². The smallest absolute Gasteiger partial charge is 0.324 e. The molecule has 0 radical (unpaired) electrons. The van der Waals surface area contributed by atoms with E-state index < -0.39 is 7.60 Å². The Kier molecular flexibility index (Phi) is 2.12. The molecule has 0 aliphatic heterocycles. The minimum atomic E-state index is -3.31. The Hall–Kier alpha value is 0.150. The summed E-state index contributed by atoms with van der Waals surface area (Å²) in [4.78, 5) is 9.41. The zero-order valence-corrected chi connectivity index (χ0v) is 10.1. The van der Waals surface area contributed by atoms with Crippen molar-refractivity contribution in [1.29, 1.82) is 0 Å². The fourth-order valence-electron chi connectivity index (χ4n) is 4.50. The van der Waals surface area contributed by atoms with E-state index in [0.717, 1.165) is 37.0 Å². The molecule has 4 fully saturated rings. The minimum absolute atomic E-state index is 0.228. The predicted molar refractivity (Wildman–Crippen MR) is 57.7 cm³/mol. The molecule has 0 amide bonds. The van der Waals surface area contributed by atoms with Crippen molar-refractivity contribution in [2.75, 3.05) is 6.66 Å². The number of hydrogen-bond acceptors (Lipinski definition) is 2. The van der Waals surface area contributed by atoms with Crippen molar-refractivity contribution in [3.05, 3.63) is 0 Å². The van der Waals surface area contributed by atoms with Gasteiger partial charge in [-0.25, -0.2) is 0 Å². The van der Waals surface area contributed by atoms with Crippen molar-refractivity contribution in [3.8, 4) is 0 Å². The van der Waals surface area contributed by atoms with E-state index in [2.05, 4.69) is 0 Å². The molecule has 4 aliphatic carbocycles. The lowest BCUT2D eigenvalue weighted by Gasteiger charge is -2.56. The van der Waals surface area contributed by atoms with Crippen LogP contribution in [0.2, 0.25) is 0 Å². The van der Waals surface area contributed by atoms with Crippen LogP contribution in [0.3, 0.4) is 0 Å². The van der Waals surface area contributed by atoms with Crippen LogP contribution in [-0.4, -0.2) is 17.2 Å². The molecule has 4 heteroatoms. The van der Waals surface area contributed by atoms with Gasteiger partial charge in [-0.15, -0.1) is 0 Å². The summed E-state index contributed by atoms with van der Waals surface area (Å²) in [6.07, 6.45) is 7.08. The summed E-state index contributed by atoms with van der Waals surface area (Å²) < 4.78 is 17.0. The quantitative estimate of drug-likeness (QED) is 0.742. The molecular formula is C11H19O3P. The van der Waals surface area contributed by atoms with Gasteiger partial charge in [0.05, 0.1) is 5.60 Å². The van der Waals surface area contributed by atoms with E-state index in [4.69, 9.17) is 4.52 Å². The first kappa shape index (κ1) is 10.3. The lowest BCUT2D eigenvalue weighted by atomic mass is 9.54. The highest BCUT2D eigenvalue weighted by Gasteiger charge is 2.53. The predicted octanol–water partition coefficient (Wildman–Crippen LogP) is 2.79. The molecule has 4 aliphatic rings. The molecule has 4 rings (SSSR count). The highest BCUT2D eigenvalue weighted by Crippen LogP contribution is 2.60. The molecule has 0 aromatic rings. The first-order chi connectivity index (χ1) is 6.94. The van der Waals surface area contributed by atoms with E-state index in [1.54, 1.807) is 0 Å². The standard InChI is InChI=1S/C11H19O3P/c1-15(12,13)14-11-5-8-2-9(6-11)4-10(3-8)7-11/h8-10H,2-7H2,1H3,(H,12,13). The fraction of sp³-hybridized carbons (Fsp3) is 1.00. The monoisotopic (exact) mass is 230 g/mol. The summed E-state index contributed by atoms with van der Waals surface area (Å²) in [5.74, 6) is 2.30. The van der Waals surface area contributed by atoms with Crippen LogP contribution in [0.5, 0.6) is 0 Å². The Morgan fingerprint density at radius 3 is 1.87 bits per heavy atom. The Balaban J connectivity index is 1.84. The van der Waals surface area contributed by atoms with Crippen molar-refractivity contribution in [2.24, 2.45) is 17.8 Å². The first-order valence-corrected chi connectivity index (χ1v) is 7.98. The Labute approximate surface area is 90.7 Å². The highest BCUT2D eigenvalue weighted by atomic mass is 31.2. The van der Waals surface area contributed by atoms with Gasteiger partial charge in [0.25, 0.3) is 0 Å². The summed E-state index contributed by atoms with van der Waals surface area (Å²) in [7, 11) is -3.31. The normalized spacial score (nSPS) is 51.7. The van der Waals surface area contributed by atoms with Gasteiger partial charge < -0.3 is 9.42 Å². The van der Waals surface area contributed by atoms with Crippen LogP contribution in [0.4, 0.5) is 0 Å². The van der Waals surface area contributed by atoms with E-state index in [0.29, 0.717) is 0 Å². The van der Waals surface area contributed by atoms with Crippen molar-refractivity contribution >= 4 is 7.60 Å². The lowest BCUT2D eigenvalue weighted by molar-refractivity contribution is -0.110. The fourth-order valence-corrected chi connectivity index (χ4v) is 5.44. The van der Waals surface area contributed by atoms with Gasteiger partial charge in [-0.2, -0.15) is 0 Å². The minimum Gasteiger partial charge on any atom is -0.324 e. The van der Waals surface area contributed by atoms with Gasteiger partial charge in [0.2, 0.25) is 0 Å². The maximum absolute atomic E-state index is 11.4. The zero-order valence-electron chi connectivity index (χ0n) is 9.19. The molecule has 4 bridgehead atoms. The summed E-state index contributed by atoms with van der Waals surface area (Å²) in [5.41, 5.74) is -0.228. The van der Waals surface area contributed by atoms with Crippen molar-refractivity contribution in [1.82, 2.24) is 0 Å². The third-order valence-corrected chi connectivity index (χ3v) is 5.07. The molecule has 0 heterocycles. The topological polar surface area (TPSA) is 46.5 Å². The average Bonchev–Trinajstić information content (AvgIpc) is 1.94. The molecule has 1 unspecified atom stereocenters. The zero-order chi connectivity index (χ0) is 10.7. The largest absolute Gasteiger partial charge is 0.325 e. The lowest BCUT2D eigenvalue weighted by Crippen LogP contribution is -2.51. The maximum Gasteiger partial charge on any atom is 0.325 e. The van der Waals surface area contributed by atoms with Gasteiger partial charge in [-0.1, -0.05) is 0 Å². The summed E-state index contributed by atoms with van der Waals surface area (Å²) in [6.45, 7) is 1.32. The van der Waals surface area contributed by atoms with Crippen LogP contribution in [-0.2, 0) is 9.09 Å². The van der Waals surface area contributed by atoms with E-state index in [9.17, 15) is 9.46 Å². The molecule has 0 saturated heterocycles. The van der Waals surface area contributed by atoms with Crippen LogP contribution in [0, 0.1) is 17.8 Å². The summed E-state index contributed by atoms with van der Waals surface area (Å²) >= 11 is 0. The van der Waals surface area contributed by atoms with Gasteiger partial charge in [-0.05, 0) is 56.3 Å². The first-order valence-electron chi connectivity index (χ1n) is 5.95. The molecule has 4 saturated carbocycles. The van der Waals surface area contributed by atoms with Gasteiger partial charge >= 0.3 is 7.60 Å². The number of hydrogen-bond donors (Lipinski definition) is 1. The van der Waals surface area contributed by atoms with Crippen LogP contribution >= 0.6 is 7.60 Å². The summed E-state index contributed by atoms with van der Waals surface area (Å²) in [5, 5.41) is 0.